The largest absolute Gasteiger partial charge is 0.493 e. The number of ether oxygens (including phenoxy) is 3. The maximum Gasteiger partial charge on any atom is 0.264 e. The van der Waals surface area contributed by atoms with Gasteiger partial charge in [-0.1, -0.05) is 11.6 Å². The van der Waals surface area contributed by atoms with Crippen LogP contribution in [0.1, 0.15) is 11.1 Å². The molecule has 3 aromatic rings. The van der Waals surface area contributed by atoms with Crippen LogP contribution in [0.25, 0.3) is 11.3 Å². The lowest BCUT2D eigenvalue weighted by atomic mass is 10.1. The van der Waals surface area contributed by atoms with Crippen molar-refractivity contribution in [3.8, 4) is 28.5 Å². The summed E-state index contributed by atoms with van der Waals surface area (Å²) in [5.41, 5.74) is 3.40. The summed E-state index contributed by atoms with van der Waals surface area (Å²) in [6.07, 6.45) is 0. The minimum Gasteiger partial charge on any atom is -0.493 e. The van der Waals surface area contributed by atoms with Crippen LogP contribution < -0.4 is 19.5 Å². The van der Waals surface area contributed by atoms with Gasteiger partial charge in [0.1, 0.15) is 5.75 Å². The highest BCUT2D eigenvalue weighted by atomic mass is 35.5. The van der Waals surface area contributed by atoms with Gasteiger partial charge in [-0.15, -0.1) is 11.3 Å². The van der Waals surface area contributed by atoms with E-state index in [9.17, 15) is 4.79 Å². The van der Waals surface area contributed by atoms with Crippen molar-refractivity contribution in [2.24, 2.45) is 0 Å². The number of carbonyl (C=O) groups excluding carboxylic acids is 1. The molecule has 1 aromatic heterocycles. The molecule has 0 bridgehead atoms. The zero-order valence-electron chi connectivity index (χ0n) is 16.5. The number of benzene rings is 2. The number of hydrogen-bond acceptors (Lipinski definition) is 6. The van der Waals surface area contributed by atoms with Crippen LogP contribution in [-0.4, -0.2) is 31.7 Å². The topological polar surface area (TPSA) is 69.7 Å². The maximum atomic E-state index is 12.2. The van der Waals surface area contributed by atoms with E-state index >= 15 is 0 Å². The molecule has 0 atom stereocenters. The Kier molecular flexibility index (Phi) is 6.61. The van der Waals surface area contributed by atoms with Crippen LogP contribution in [0.3, 0.4) is 0 Å². The molecule has 0 radical (unpaired) electrons. The second-order valence-corrected chi connectivity index (χ2v) is 7.55. The molecule has 0 aliphatic heterocycles. The van der Waals surface area contributed by atoms with E-state index in [4.69, 9.17) is 25.8 Å². The summed E-state index contributed by atoms with van der Waals surface area (Å²) in [5.74, 6) is 1.57. The number of anilines is 1. The first-order valence-corrected chi connectivity index (χ1v) is 10.0. The molecule has 2 aromatic carbocycles. The Bertz CT molecular complexity index is 1010. The van der Waals surface area contributed by atoms with Crippen LogP contribution in [0, 0.1) is 13.8 Å². The average molecular weight is 433 g/mol. The van der Waals surface area contributed by atoms with E-state index in [0.29, 0.717) is 27.4 Å². The third-order valence-electron chi connectivity index (χ3n) is 4.21. The van der Waals surface area contributed by atoms with Gasteiger partial charge in [-0.05, 0) is 55.3 Å². The average Bonchev–Trinajstić information content (AvgIpc) is 3.18. The molecule has 6 nitrogen and oxygen atoms in total. The summed E-state index contributed by atoms with van der Waals surface area (Å²) in [6, 6.07) is 9.15. The van der Waals surface area contributed by atoms with E-state index in [0.717, 1.165) is 22.4 Å². The number of hydrogen-bond donors (Lipinski definition) is 1. The Labute approximate surface area is 178 Å². The number of carbonyl (C=O) groups is 1. The predicted octanol–water partition coefficient (Wildman–Crippen LogP) is 5.12. The van der Waals surface area contributed by atoms with Crippen molar-refractivity contribution in [2.75, 3.05) is 26.1 Å². The summed E-state index contributed by atoms with van der Waals surface area (Å²) in [4.78, 5) is 16.7. The molecule has 1 heterocycles. The number of halogens is 1. The highest BCUT2D eigenvalue weighted by Gasteiger charge is 2.12. The minimum atomic E-state index is -0.288. The van der Waals surface area contributed by atoms with Gasteiger partial charge in [-0.25, -0.2) is 4.98 Å². The van der Waals surface area contributed by atoms with Gasteiger partial charge in [0, 0.05) is 16.0 Å². The molecular formula is C21H21ClN2O4S. The molecule has 1 N–H and O–H groups in total. The van der Waals surface area contributed by atoms with Crippen molar-refractivity contribution in [3.05, 3.63) is 51.9 Å². The number of methoxy groups -OCH3 is 2. The SMILES string of the molecule is COc1ccc(-c2csc(NC(=O)COc3cc(C)c(Cl)c(C)c3)n2)cc1OC. The van der Waals surface area contributed by atoms with Gasteiger partial charge < -0.3 is 14.2 Å². The first-order valence-electron chi connectivity index (χ1n) is 8.78. The van der Waals surface area contributed by atoms with E-state index < -0.39 is 0 Å². The second-order valence-electron chi connectivity index (χ2n) is 6.32. The van der Waals surface area contributed by atoms with Gasteiger partial charge in [0.25, 0.3) is 5.91 Å². The fraction of sp³-hybridized carbons (Fsp3) is 0.238. The number of nitrogens with one attached hydrogen (secondary N) is 1. The van der Waals surface area contributed by atoms with E-state index in [-0.39, 0.29) is 12.5 Å². The van der Waals surface area contributed by atoms with E-state index in [1.807, 2.05) is 37.4 Å². The van der Waals surface area contributed by atoms with Crippen LogP contribution >= 0.6 is 22.9 Å². The lowest BCUT2D eigenvalue weighted by molar-refractivity contribution is -0.118. The van der Waals surface area contributed by atoms with Crippen LogP contribution in [0.4, 0.5) is 5.13 Å². The Morgan fingerprint density at radius 1 is 1.10 bits per heavy atom. The molecule has 8 heteroatoms. The Morgan fingerprint density at radius 2 is 1.79 bits per heavy atom. The Balaban J connectivity index is 1.63. The number of aromatic nitrogens is 1. The summed E-state index contributed by atoms with van der Waals surface area (Å²) in [7, 11) is 3.17. The van der Waals surface area contributed by atoms with Gasteiger partial charge in [0.2, 0.25) is 0 Å². The fourth-order valence-electron chi connectivity index (χ4n) is 2.75. The van der Waals surface area contributed by atoms with Crippen LogP contribution in [0.5, 0.6) is 17.2 Å². The highest BCUT2D eigenvalue weighted by Crippen LogP contribution is 2.33. The molecular weight excluding hydrogens is 412 g/mol. The van der Waals surface area contributed by atoms with E-state index in [1.165, 1.54) is 11.3 Å². The van der Waals surface area contributed by atoms with Crippen molar-refractivity contribution in [1.29, 1.82) is 0 Å². The number of rotatable bonds is 7. The summed E-state index contributed by atoms with van der Waals surface area (Å²) in [6.45, 7) is 3.67. The summed E-state index contributed by atoms with van der Waals surface area (Å²) >= 11 is 7.49. The summed E-state index contributed by atoms with van der Waals surface area (Å²) in [5, 5.41) is 5.81. The predicted molar refractivity (Wildman–Crippen MR) is 116 cm³/mol. The molecule has 0 fully saturated rings. The first kappa shape index (κ1) is 21.0. The molecule has 0 unspecified atom stereocenters. The number of nitrogens with zero attached hydrogens (tertiary/aromatic N) is 1. The lowest BCUT2D eigenvalue weighted by Gasteiger charge is -2.09. The molecule has 0 saturated heterocycles. The molecule has 0 spiro atoms. The Hall–Kier alpha value is -2.77. The quantitative estimate of drug-likeness (QED) is 0.561. The standard InChI is InChI=1S/C21H21ClN2O4S/c1-12-7-15(8-13(2)20(12)22)28-10-19(25)24-21-23-16(11-29-21)14-5-6-17(26-3)18(9-14)27-4/h5-9,11H,10H2,1-4H3,(H,23,24,25). The number of amides is 1. The molecule has 3 rings (SSSR count). The zero-order chi connectivity index (χ0) is 21.0. The third-order valence-corrected chi connectivity index (χ3v) is 5.56. The number of aryl methyl sites for hydroxylation is 2. The van der Waals surface area contributed by atoms with Crippen molar-refractivity contribution >= 4 is 34.0 Å². The smallest absolute Gasteiger partial charge is 0.264 e. The molecule has 1 amide bonds. The second kappa shape index (κ2) is 9.15. The molecule has 0 aliphatic carbocycles. The summed E-state index contributed by atoms with van der Waals surface area (Å²) < 4.78 is 16.2. The molecule has 152 valence electrons. The Morgan fingerprint density at radius 3 is 2.45 bits per heavy atom. The molecule has 29 heavy (non-hydrogen) atoms. The fourth-order valence-corrected chi connectivity index (χ4v) is 3.60. The molecule has 0 saturated carbocycles. The van der Waals surface area contributed by atoms with Gasteiger partial charge >= 0.3 is 0 Å². The zero-order valence-corrected chi connectivity index (χ0v) is 18.1. The van der Waals surface area contributed by atoms with Crippen molar-refractivity contribution < 1.29 is 19.0 Å². The first-order chi connectivity index (χ1) is 13.9. The van der Waals surface area contributed by atoms with Crippen LogP contribution in [0.2, 0.25) is 5.02 Å². The highest BCUT2D eigenvalue weighted by molar-refractivity contribution is 7.14. The van der Waals surface area contributed by atoms with Gasteiger partial charge in [0.15, 0.2) is 23.2 Å². The normalized spacial score (nSPS) is 10.5. The van der Waals surface area contributed by atoms with Crippen LogP contribution in [0.15, 0.2) is 35.7 Å². The lowest BCUT2D eigenvalue weighted by Crippen LogP contribution is -2.20. The van der Waals surface area contributed by atoms with Gasteiger partial charge in [-0.2, -0.15) is 0 Å². The van der Waals surface area contributed by atoms with E-state index in [2.05, 4.69) is 10.3 Å². The van der Waals surface area contributed by atoms with Crippen molar-refractivity contribution in [3.63, 3.8) is 0 Å². The van der Waals surface area contributed by atoms with Crippen molar-refractivity contribution in [1.82, 2.24) is 4.98 Å². The molecule has 0 aliphatic rings. The van der Waals surface area contributed by atoms with Crippen LogP contribution in [-0.2, 0) is 4.79 Å². The third kappa shape index (κ3) is 4.99. The monoisotopic (exact) mass is 432 g/mol. The van der Waals surface area contributed by atoms with E-state index in [1.54, 1.807) is 26.4 Å². The van der Waals surface area contributed by atoms with Crippen molar-refractivity contribution in [2.45, 2.75) is 13.8 Å². The maximum absolute atomic E-state index is 12.2. The number of thiazole rings is 1. The van der Waals surface area contributed by atoms with Gasteiger partial charge in [-0.3, -0.25) is 10.1 Å². The van der Waals surface area contributed by atoms with Gasteiger partial charge in [0.05, 0.1) is 19.9 Å². The minimum absolute atomic E-state index is 0.119.